The number of amides is 2. The summed E-state index contributed by atoms with van der Waals surface area (Å²) < 4.78 is 13.1. The average molecular weight is 375 g/mol. The van der Waals surface area contributed by atoms with E-state index >= 15 is 0 Å². The van der Waals surface area contributed by atoms with Gasteiger partial charge >= 0.3 is 0 Å². The van der Waals surface area contributed by atoms with Crippen molar-refractivity contribution >= 4 is 11.8 Å². The summed E-state index contributed by atoms with van der Waals surface area (Å²) >= 11 is 0. The molecule has 0 bridgehead atoms. The summed E-state index contributed by atoms with van der Waals surface area (Å²) in [4.78, 5) is 31.1. The molecule has 0 radical (unpaired) electrons. The van der Waals surface area contributed by atoms with Gasteiger partial charge in [0.15, 0.2) is 0 Å². The minimum Gasteiger partial charge on any atom is -0.336 e. The van der Waals surface area contributed by atoms with Crippen LogP contribution in [0.3, 0.4) is 0 Å². The molecule has 0 N–H and O–H groups in total. The van der Waals surface area contributed by atoms with Crippen molar-refractivity contribution < 1.29 is 14.0 Å². The molecule has 0 spiro atoms. The van der Waals surface area contributed by atoms with Crippen LogP contribution in [-0.2, 0) is 16.1 Å². The number of rotatable bonds is 4. The second-order valence-corrected chi connectivity index (χ2v) is 8.18. The molecule has 27 heavy (non-hydrogen) atoms. The topological polar surface area (TPSA) is 43.9 Å². The lowest BCUT2D eigenvalue weighted by molar-refractivity contribution is -0.155. The Morgan fingerprint density at radius 2 is 1.93 bits per heavy atom. The van der Waals surface area contributed by atoms with Gasteiger partial charge in [0.25, 0.3) is 0 Å². The van der Waals surface area contributed by atoms with E-state index < -0.39 is 0 Å². The van der Waals surface area contributed by atoms with Crippen molar-refractivity contribution in [3.8, 4) is 0 Å². The molecule has 3 rings (SSSR count). The fraction of sp³-hybridized carbons (Fsp3) is 0.619. The van der Waals surface area contributed by atoms with Crippen molar-refractivity contribution in [2.75, 3.05) is 26.7 Å². The summed E-state index contributed by atoms with van der Waals surface area (Å²) in [5.74, 6) is -0.0386. The van der Waals surface area contributed by atoms with Crippen LogP contribution in [0, 0.1) is 5.82 Å². The molecular weight excluding hydrogens is 345 g/mol. The van der Waals surface area contributed by atoms with Crippen molar-refractivity contribution in [1.82, 2.24) is 14.7 Å². The van der Waals surface area contributed by atoms with Crippen LogP contribution in [0.15, 0.2) is 24.3 Å². The minimum atomic E-state index is -0.256. The molecule has 148 valence electrons. The number of likely N-dealkylation sites (N-methyl/N-ethyl adjacent to an activating group) is 1. The Balaban J connectivity index is 1.66. The first kappa shape index (κ1) is 19.8. The smallest absolute Gasteiger partial charge is 0.237 e. The van der Waals surface area contributed by atoms with Gasteiger partial charge in [-0.2, -0.15) is 0 Å². The van der Waals surface area contributed by atoms with E-state index in [4.69, 9.17) is 0 Å². The lowest BCUT2D eigenvalue weighted by atomic mass is 9.76. The highest BCUT2D eigenvalue weighted by molar-refractivity contribution is 5.79. The predicted octanol–water partition coefficient (Wildman–Crippen LogP) is 2.65. The van der Waals surface area contributed by atoms with Crippen LogP contribution in [0.4, 0.5) is 4.39 Å². The molecule has 1 aromatic rings. The number of likely N-dealkylation sites (tertiary alicyclic amines) is 2. The zero-order chi connectivity index (χ0) is 19.6. The molecule has 2 aliphatic heterocycles. The summed E-state index contributed by atoms with van der Waals surface area (Å²) in [5, 5.41) is 0. The maximum absolute atomic E-state index is 13.1. The Labute approximate surface area is 161 Å². The van der Waals surface area contributed by atoms with Gasteiger partial charge in [0, 0.05) is 26.6 Å². The van der Waals surface area contributed by atoms with Crippen LogP contribution in [0.2, 0.25) is 0 Å². The van der Waals surface area contributed by atoms with Crippen molar-refractivity contribution in [1.29, 1.82) is 0 Å². The van der Waals surface area contributed by atoms with Crippen molar-refractivity contribution in [2.24, 2.45) is 0 Å². The minimum absolute atomic E-state index is 0.0932. The first-order valence-corrected chi connectivity index (χ1v) is 9.82. The Morgan fingerprint density at radius 3 is 2.59 bits per heavy atom. The highest BCUT2D eigenvalue weighted by Gasteiger charge is 2.49. The SMILES string of the molecule is CC(=O)N1CCC[C@H]2N(C(=O)CN(C)Cc3ccc(F)cc3)CCC[C@@]21C. The number of nitrogens with zero attached hydrogens (tertiary/aromatic N) is 3. The van der Waals surface area contributed by atoms with E-state index in [1.54, 1.807) is 19.1 Å². The van der Waals surface area contributed by atoms with Gasteiger partial charge < -0.3 is 9.80 Å². The fourth-order valence-corrected chi connectivity index (χ4v) is 4.84. The number of hydrogen-bond donors (Lipinski definition) is 0. The largest absolute Gasteiger partial charge is 0.336 e. The van der Waals surface area contributed by atoms with Gasteiger partial charge in [0.2, 0.25) is 11.8 Å². The number of benzene rings is 1. The number of fused-ring (bicyclic) bond motifs is 1. The van der Waals surface area contributed by atoms with Crippen LogP contribution in [-0.4, -0.2) is 64.8 Å². The van der Waals surface area contributed by atoms with E-state index in [0.717, 1.165) is 44.3 Å². The molecule has 0 aromatic heterocycles. The number of halogens is 1. The third-order valence-electron chi connectivity index (χ3n) is 6.12. The Hall–Kier alpha value is -1.95. The summed E-state index contributed by atoms with van der Waals surface area (Å²) in [6.45, 7) is 6.24. The number of hydrogen-bond acceptors (Lipinski definition) is 3. The molecule has 2 heterocycles. The van der Waals surface area contributed by atoms with Crippen LogP contribution >= 0.6 is 0 Å². The van der Waals surface area contributed by atoms with Crippen molar-refractivity contribution in [2.45, 2.75) is 57.7 Å². The second-order valence-electron chi connectivity index (χ2n) is 8.18. The zero-order valence-electron chi connectivity index (χ0n) is 16.6. The van der Waals surface area contributed by atoms with Gasteiger partial charge in [0.05, 0.1) is 18.1 Å². The van der Waals surface area contributed by atoms with Gasteiger partial charge in [-0.25, -0.2) is 4.39 Å². The van der Waals surface area contributed by atoms with Crippen molar-refractivity contribution in [3.63, 3.8) is 0 Å². The lowest BCUT2D eigenvalue weighted by Crippen LogP contribution is -2.68. The fourth-order valence-electron chi connectivity index (χ4n) is 4.84. The number of carbonyl (C=O) groups excluding carboxylic acids is 2. The maximum Gasteiger partial charge on any atom is 0.237 e. The molecule has 2 fully saturated rings. The Bertz CT molecular complexity index is 693. The van der Waals surface area contributed by atoms with Crippen LogP contribution in [0.1, 0.15) is 45.1 Å². The molecule has 2 saturated heterocycles. The van der Waals surface area contributed by atoms with Gasteiger partial charge in [-0.05, 0) is 57.4 Å². The van der Waals surface area contributed by atoms with Gasteiger partial charge in [-0.3, -0.25) is 14.5 Å². The summed E-state index contributed by atoms with van der Waals surface area (Å²) in [6, 6.07) is 6.48. The lowest BCUT2D eigenvalue weighted by Gasteiger charge is -2.56. The quantitative estimate of drug-likeness (QED) is 0.813. The monoisotopic (exact) mass is 375 g/mol. The Kier molecular flexibility index (Phi) is 5.84. The van der Waals surface area contributed by atoms with Gasteiger partial charge in [0.1, 0.15) is 5.82 Å². The average Bonchev–Trinajstić information content (AvgIpc) is 2.61. The normalized spacial score (nSPS) is 25.4. The van der Waals surface area contributed by atoms with E-state index in [2.05, 4.69) is 6.92 Å². The van der Waals surface area contributed by atoms with E-state index in [-0.39, 0.29) is 29.2 Å². The third-order valence-corrected chi connectivity index (χ3v) is 6.12. The zero-order valence-corrected chi connectivity index (χ0v) is 16.6. The van der Waals surface area contributed by atoms with E-state index in [0.29, 0.717) is 13.1 Å². The van der Waals surface area contributed by atoms with E-state index in [9.17, 15) is 14.0 Å². The molecular formula is C21H30FN3O2. The maximum atomic E-state index is 13.1. The molecule has 2 amide bonds. The Morgan fingerprint density at radius 1 is 1.22 bits per heavy atom. The first-order valence-electron chi connectivity index (χ1n) is 9.82. The first-order chi connectivity index (χ1) is 12.8. The number of piperidine rings is 2. The summed E-state index contributed by atoms with van der Waals surface area (Å²) in [5.41, 5.74) is 0.726. The molecule has 0 aliphatic carbocycles. The predicted molar refractivity (Wildman–Crippen MR) is 102 cm³/mol. The molecule has 2 atom stereocenters. The van der Waals surface area contributed by atoms with Crippen LogP contribution in [0.25, 0.3) is 0 Å². The summed E-state index contributed by atoms with van der Waals surface area (Å²) in [6.07, 6.45) is 3.76. The van der Waals surface area contributed by atoms with E-state index in [1.165, 1.54) is 12.1 Å². The summed E-state index contributed by atoms with van der Waals surface area (Å²) in [7, 11) is 1.91. The third kappa shape index (κ3) is 4.15. The van der Waals surface area contributed by atoms with Crippen LogP contribution in [0.5, 0.6) is 0 Å². The molecule has 0 saturated carbocycles. The second kappa shape index (κ2) is 7.97. The molecule has 1 aromatic carbocycles. The van der Waals surface area contributed by atoms with E-state index in [1.807, 2.05) is 21.7 Å². The van der Waals surface area contributed by atoms with Gasteiger partial charge in [-0.15, -0.1) is 0 Å². The molecule has 0 unspecified atom stereocenters. The molecule has 2 aliphatic rings. The standard InChI is InChI=1S/C21H30FN3O2/c1-16(26)25-13-4-6-19-21(25,2)11-5-12-24(19)20(27)15-23(3)14-17-7-9-18(22)10-8-17/h7-10,19H,4-6,11-15H2,1-3H3/t19-,21+/m1/s1. The number of carbonyl (C=O) groups is 2. The molecule has 6 heteroatoms. The molecule has 5 nitrogen and oxygen atoms in total. The highest BCUT2D eigenvalue weighted by atomic mass is 19.1. The highest BCUT2D eigenvalue weighted by Crippen LogP contribution is 2.39. The van der Waals surface area contributed by atoms with Crippen LogP contribution < -0.4 is 0 Å². The van der Waals surface area contributed by atoms with Crippen molar-refractivity contribution in [3.05, 3.63) is 35.6 Å². The van der Waals surface area contributed by atoms with Gasteiger partial charge in [-0.1, -0.05) is 12.1 Å².